The van der Waals surface area contributed by atoms with Crippen molar-refractivity contribution >= 4 is 27.5 Å². The number of nitrogens with one attached hydrogen (secondary N) is 1. The van der Waals surface area contributed by atoms with Gasteiger partial charge in [-0.2, -0.15) is 0 Å². The molecule has 2 unspecified atom stereocenters. The summed E-state index contributed by atoms with van der Waals surface area (Å²) in [5, 5.41) is 2.47. The quantitative estimate of drug-likeness (QED) is 0.804. The van der Waals surface area contributed by atoms with E-state index in [0.29, 0.717) is 18.8 Å². The zero-order valence-corrected chi connectivity index (χ0v) is 12.8. The van der Waals surface area contributed by atoms with Gasteiger partial charge in [-0.3, -0.25) is 4.79 Å². The zero-order valence-electron chi connectivity index (χ0n) is 11.2. The van der Waals surface area contributed by atoms with Crippen LogP contribution in [0.4, 0.5) is 14.5 Å². The molecule has 0 aliphatic heterocycles. The van der Waals surface area contributed by atoms with Crippen molar-refractivity contribution in [2.45, 2.75) is 38.1 Å². The fourth-order valence-corrected chi connectivity index (χ4v) is 3.01. The first-order valence-electron chi connectivity index (χ1n) is 6.57. The van der Waals surface area contributed by atoms with Crippen molar-refractivity contribution in [3.05, 3.63) is 28.2 Å². The Kier molecular flexibility index (Phi) is 4.44. The fourth-order valence-electron chi connectivity index (χ4n) is 2.66. The third-order valence-electron chi connectivity index (χ3n) is 3.74. The van der Waals surface area contributed by atoms with E-state index in [0.717, 1.165) is 18.9 Å². The van der Waals surface area contributed by atoms with Crippen molar-refractivity contribution in [2.75, 3.05) is 5.32 Å². The van der Waals surface area contributed by atoms with Crippen molar-refractivity contribution < 1.29 is 13.6 Å². The van der Waals surface area contributed by atoms with Crippen LogP contribution in [-0.4, -0.2) is 11.4 Å². The first-order valence-corrected chi connectivity index (χ1v) is 7.36. The molecule has 3 N–H and O–H groups in total. The Morgan fingerprint density at radius 3 is 2.80 bits per heavy atom. The smallest absolute Gasteiger partial charge is 0.244 e. The van der Waals surface area contributed by atoms with Crippen LogP contribution in [0, 0.1) is 17.6 Å². The van der Waals surface area contributed by atoms with Gasteiger partial charge in [0.15, 0.2) is 0 Å². The van der Waals surface area contributed by atoms with Crippen LogP contribution in [-0.2, 0) is 4.79 Å². The maximum atomic E-state index is 13.6. The molecule has 1 saturated carbocycles. The molecule has 0 spiro atoms. The van der Waals surface area contributed by atoms with E-state index in [-0.39, 0.29) is 10.2 Å². The van der Waals surface area contributed by atoms with E-state index < -0.39 is 23.1 Å². The van der Waals surface area contributed by atoms with Gasteiger partial charge in [-0.15, -0.1) is 0 Å². The molecule has 1 aliphatic rings. The van der Waals surface area contributed by atoms with Crippen LogP contribution >= 0.6 is 15.9 Å². The number of nitrogens with two attached hydrogens (primary N) is 1. The van der Waals surface area contributed by atoms with Gasteiger partial charge in [-0.1, -0.05) is 19.8 Å². The number of amides is 1. The number of carbonyl (C=O) groups excluding carboxylic acids is 1. The number of carbonyl (C=O) groups is 1. The van der Waals surface area contributed by atoms with Crippen molar-refractivity contribution in [3.8, 4) is 0 Å². The van der Waals surface area contributed by atoms with Crippen LogP contribution in [0.2, 0.25) is 0 Å². The Hall–Kier alpha value is -1.01. The maximum absolute atomic E-state index is 13.6. The third-order valence-corrected chi connectivity index (χ3v) is 4.35. The molecular formula is C14H17BrF2N2O. The fraction of sp³-hybridized carbons (Fsp3) is 0.500. The van der Waals surface area contributed by atoms with Crippen LogP contribution in [0.3, 0.4) is 0 Å². The van der Waals surface area contributed by atoms with Gasteiger partial charge in [0, 0.05) is 6.07 Å². The number of anilines is 1. The first-order chi connectivity index (χ1) is 9.32. The average molecular weight is 347 g/mol. The lowest BCUT2D eigenvalue weighted by Crippen LogP contribution is -2.53. The lowest BCUT2D eigenvalue weighted by atomic mass is 9.76. The largest absolute Gasteiger partial charge is 0.322 e. The Bertz CT molecular complexity index is 538. The van der Waals surface area contributed by atoms with Gasteiger partial charge in [0.2, 0.25) is 5.91 Å². The van der Waals surface area contributed by atoms with E-state index in [4.69, 9.17) is 5.73 Å². The van der Waals surface area contributed by atoms with Gasteiger partial charge in [-0.05, 0) is 40.8 Å². The summed E-state index contributed by atoms with van der Waals surface area (Å²) in [7, 11) is 0. The van der Waals surface area contributed by atoms with Gasteiger partial charge in [0.25, 0.3) is 0 Å². The third kappa shape index (κ3) is 3.17. The lowest BCUT2D eigenvalue weighted by molar-refractivity contribution is -0.122. The Morgan fingerprint density at radius 1 is 1.45 bits per heavy atom. The molecule has 1 aliphatic carbocycles. The summed E-state index contributed by atoms with van der Waals surface area (Å²) in [6.07, 6.45) is 3.07. The van der Waals surface area contributed by atoms with Crippen molar-refractivity contribution in [2.24, 2.45) is 11.7 Å². The number of benzene rings is 1. The van der Waals surface area contributed by atoms with Gasteiger partial charge >= 0.3 is 0 Å². The number of halogens is 3. The summed E-state index contributed by atoms with van der Waals surface area (Å²) < 4.78 is 26.9. The number of rotatable bonds is 2. The highest BCUT2D eigenvalue weighted by Gasteiger charge is 2.38. The van der Waals surface area contributed by atoms with Gasteiger partial charge in [0.05, 0.1) is 15.7 Å². The van der Waals surface area contributed by atoms with E-state index in [1.165, 1.54) is 6.07 Å². The van der Waals surface area contributed by atoms with Gasteiger partial charge < -0.3 is 11.1 Å². The molecule has 0 bridgehead atoms. The summed E-state index contributed by atoms with van der Waals surface area (Å²) >= 11 is 2.96. The van der Waals surface area contributed by atoms with Gasteiger partial charge in [0.1, 0.15) is 11.6 Å². The van der Waals surface area contributed by atoms with Crippen LogP contribution in [0.15, 0.2) is 16.6 Å². The van der Waals surface area contributed by atoms with Crippen molar-refractivity contribution in [3.63, 3.8) is 0 Å². The molecule has 2 rings (SSSR count). The average Bonchev–Trinajstić information content (AvgIpc) is 2.35. The molecule has 3 nitrogen and oxygen atoms in total. The summed E-state index contributed by atoms with van der Waals surface area (Å²) in [5.41, 5.74) is 5.09. The topological polar surface area (TPSA) is 55.1 Å². The van der Waals surface area contributed by atoms with Crippen LogP contribution in [0.5, 0.6) is 0 Å². The molecule has 1 aromatic rings. The Morgan fingerprint density at radius 2 is 2.15 bits per heavy atom. The highest BCUT2D eigenvalue weighted by Crippen LogP contribution is 2.32. The number of hydrogen-bond donors (Lipinski definition) is 2. The first kappa shape index (κ1) is 15.4. The normalized spacial score (nSPS) is 26.4. The SMILES string of the molecule is CC1CCCC(N)(C(=O)Nc2cc(Br)c(F)cc2F)C1. The minimum Gasteiger partial charge on any atom is -0.322 e. The summed E-state index contributed by atoms with van der Waals surface area (Å²) in [6.45, 7) is 2.04. The zero-order chi connectivity index (χ0) is 14.9. The summed E-state index contributed by atoms with van der Waals surface area (Å²) in [6, 6.07) is 1.94. The molecule has 2 atom stereocenters. The standard InChI is InChI=1S/C14H17BrF2N2O/c1-8-3-2-4-14(18,7-8)13(20)19-12-5-9(15)10(16)6-11(12)17/h5-6,8H,2-4,7,18H2,1H3,(H,19,20). The number of hydrogen-bond acceptors (Lipinski definition) is 2. The second kappa shape index (κ2) is 5.77. The summed E-state index contributed by atoms with van der Waals surface area (Å²) in [4.78, 5) is 12.3. The van der Waals surface area contributed by atoms with Crippen molar-refractivity contribution in [1.82, 2.24) is 0 Å². The highest BCUT2D eigenvalue weighted by molar-refractivity contribution is 9.10. The molecule has 0 saturated heterocycles. The minimum absolute atomic E-state index is 0.0636. The minimum atomic E-state index is -0.981. The lowest BCUT2D eigenvalue weighted by Gasteiger charge is -2.35. The monoisotopic (exact) mass is 346 g/mol. The van der Waals surface area contributed by atoms with E-state index in [1.807, 2.05) is 6.92 Å². The molecule has 0 aromatic heterocycles. The molecular weight excluding hydrogens is 330 g/mol. The maximum Gasteiger partial charge on any atom is 0.244 e. The molecule has 0 radical (unpaired) electrons. The molecule has 110 valence electrons. The highest BCUT2D eigenvalue weighted by atomic mass is 79.9. The van der Waals surface area contributed by atoms with Crippen LogP contribution in [0.1, 0.15) is 32.6 Å². The van der Waals surface area contributed by atoms with Gasteiger partial charge in [-0.25, -0.2) is 8.78 Å². The second-order valence-corrected chi connectivity index (χ2v) is 6.41. The molecule has 20 heavy (non-hydrogen) atoms. The molecule has 1 amide bonds. The Balaban J connectivity index is 2.17. The molecule has 0 heterocycles. The van der Waals surface area contributed by atoms with E-state index >= 15 is 0 Å². The molecule has 1 aromatic carbocycles. The molecule has 6 heteroatoms. The van der Waals surface area contributed by atoms with E-state index in [9.17, 15) is 13.6 Å². The summed E-state index contributed by atoms with van der Waals surface area (Å²) in [5.74, 6) is -1.58. The van der Waals surface area contributed by atoms with Crippen LogP contribution in [0.25, 0.3) is 0 Å². The second-order valence-electron chi connectivity index (χ2n) is 5.56. The van der Waals surface area contributed by atoms with E-state index in [2.05, 4.69) is 21.2 Å². The van der Waals surface area contributed by atoms with Crippen LogP contribution < -0.4 is 11.1 Å². The predicted molar refractivity (Wildman–Crippen MR) is 77.2 cm³/mol. The molecule has 1 fully saturated rings. The predicted octanol–water partition coefficient (Wildman–Crippen LogP) is 3.57. The van der Waals surface area contributed by atoms with E-state index in [1.54, 1.807) is 0 Å². The van der Waals surface area contributed by atoms with Crippen molar-refractivity contribution in [1.29, 1.82) is 0 Å². The Labute approximate surface area is 125 Å².